The van der Waals surface area contributed by atoms with E-state index in [4.69, 9.17) is 16.3 Å². The molecule has 0 saturated carbocycles. The van der Waals surface area contributed by atoms with Crippen LogP contribution < -0.4 is 5.43 Å². The van der Waals surface area contributed by atoms with Crippen molar-refractivity contribution >= 4 is 55.0 Å². The van der Waals surface area contributed by atoms with Gasteiger partial charge in [0.15, 0.2) is 16.6 Å². The quantitative estimate of drug-likeness (QED) is 0.391. The van der Waals surface area contributed by atoms with Crippen molar-refractivity contribution in [3.63, 3.8) is 0 Å². The lowest BCUT2D eigenvalue weighted by Crippen LogP contribution is -2.20. The van der Waals surface area contributed by atoms with Gasteiger partial charge in [0.2, 0.25) is 5.43 Å². The van der Waals surface area contributed by atoms with Crippen molar-refractivity contribution < 1.29 is 13.9 Å². The number of fused-ring (bicyclic) bond motifs is 5. The van der Waals surface area contributed by atoms with E-state index < -0.39 is 17.2 Å². The average molecular weight is 377 g/mol. The Hall–Kier alpha value is -2.51. The maximum Gasteiger partial charge on any atom is 0.345 e. The van der Waals surface area contributed by atoms with Crippen LogP contribution in [0.2, 0.25) is 5.15 Å². The predicted octanol–water partition coefficient (Wildman–Crippen LogP) is 4.03. The van der Waals surface area contributed by atoms with Gasteiger partial charge in [0.05, 0.1) is 22.2 Å². The van der Waals surface area contributed by atoms with E-state index in [1.807, 2.05) is 24.3 Å². The van der Waals surface area contributed by atoms with Crippen molar-refractivity contribution in [1.29, 1.82) is 0 Å². The molecule has 4 aromatic rings. The molecular weight excluding hydrogens is 367 g/mol. The number of hydrogen-bond acceptors (Lipinski definition) is 5. The molecule has 3 aromatic heterocycles. The standard InChI is InChI=1S/C17H10ClFN2O3S/c1-2-24-17(23)12-13(22)8-7-9(19)14(18)20-15(8)21-10-5-3-4-6-11(10)25-16(12)21/h3-7H,2H2,1H3. The van der Waals surface area contributed by atoms with E-state index in [0.29, 0.717) is 4.83 Å². The smallest absolute Gasteiger partial charge is 0.345 e. The molecule has 0 aliphatic heterocycles. The molecule has 0 bridgehead atoms. The molecule has 0 aliphatic rings. The van der Waals surface area contributed by atoms with Gasteiger partial charge in [-0.1, -0.05) is 23.7 Å². The summed E-state index contributed by atoms with van der Waals surface area (Å²) in [5, 5.41) is -0.356. The summed E-state index contributed by atoms with van der Waals surface area (Å²) in [6.07, 6.45) is 0. The first-order valence-electron chi connectivity index (χ1n) is 7.42. The van der Waals surface area contributed by atoms with Gasteiger partial charge in [0, 0.05) is 0 Å². The molecule has 126 valence electrons. The van der Waals surface area contributed by atoms with Crippen LogP contribution in [0.25, 0.3) is 26.1 Å². The van der Waals surface area contributed by atoms with E-state index in [1.54, 1.807) is 11.3 Å². The summed E-state index contributed by atoms with van der Waals surface area (Å²) in [5.74, 6) is -1.56. The number of hydrogen-bond donors (Lipinski definition) is 0. The second-order valence-electron chi connectivity index (χ2n) is 5.27. The Bertz CT molecular complexity index is 1230. The van der Waals surface area contributed by atoms with Gasteiger partial charge in [0.1, 0.15) is 10.4 Å². The fraction of sp³-hybridized carbons (Fsp3) is 0.118. The fourth-order valence-electron chi connectivity index (χ4n) is 2.77. The van der Waals surface area contributed by atoms with Crippen molar-refractivity contribution in [2.24, 2.45) is 0 Å². The fourth-order valence-corrected chi connectivity index (χ4v) is 4.08. The lowest BCUT2D eigenvalue weighted by Gasteiger charge is -2.08. The topological polar surface area (TPSA) is 60.7 Å². The molecule has 0 fully saturated rings. The van der Waals surface area contributed by atoms with Crippen LogP contribution in [0.1, 0.15) is 17.3 Å². The molecule has 0 unspecified atom stereocenters. The normalized spacial score (nSPS) is 11.5. The largest absolute Gasteiger partial charge is 0.462 e. The highest BCUT2D eigenvalue weighted by molar-refractivity contribution is 7.24. The van der Waals surface area contributed by atoms with Gasteiger partial charge in [-0.15, -0.1) is 11.3 Å². The van der Waals surface area contributed by atoms with E-state index in [1.165, 1.54) is 11.3 Å². The molecule has 0 atom stereocenters. The van der Waals surface area contributed by atoms with Gasteiger partial charge < -0.3 is 4.74 Å². The molecule has 3 heterocycles. The highest BCUT2D eigenvalue weighted by Crippen LogP contribution is 2.31. The number of pyridine rings is 2. The number of para-hydroxylation sites is 1. The summed E-state index contributed by atoms with van der Waals surface area (Å²) in [5.41, 5.74) is 0.201. The minimum atomic E-state index is -0.819. The van der Waals surface area contributed by atoms with Crippen molar-refractivity contribution in [3.05, 3.63) is 57.1 Å². The number of nitrogens with zero attached hydrogens (tertiary/aromatic N) is 2. The first kappa shape index (κ1) is 16.0. The number of ether oxygens (including phenoxy) is 1. The maximum absolute atomic E-state index is 13.9. The number of halogens is 2. The molecule has 0 spiro atoms. The molecular formula is C17H10ClFN2O3S. The van der Waals surface area contributed by atoms with Crippen molar-refractivity contribution in [1.82, 2.24) is 9.38 Å². The number of carbonyl (C=O) groups excluding carboxylic acids is 1. The Balaban J connectivity index is 2.31. The third kappa shape index (κ3) is 2.31. The van der Waals surface area contributed by atoms with E-state index in [0.717, 1.165) is 16.3 Å². The van der Waals surface area contributed by atoms with Crippen LogP contribution in [0.4, 0.5) is 4.39 Å². The Morgan fingerprint density at radius 2 is 2.16 bits per heavy atom. The zero-order chi connectivity index (χ0) is 17.7. The Labute approximate surface area is 149 Å². The van der Waals surface area contributed by atoms with Crippen LogP contribution >= 0.6 is 22.9 Å². The minimum absolute atomic E-state index is 0.0222. The Kier molecular flexibility index (Phi) is 3.70. The number of esters is 1. The van der Waals surface area contributed by atoms with Crippen LogP contribution in [0.15, 0.2) is 35.1 Å². The average Bonchev–Trinajstić information content (AvgIpc) is 2.96. The molecule has 0 saturated heterocycles. The molecule has 1 aromatic carbocycles. The summed E-state index contributed by atoms with van der Waals surface area (Å²) in [4.78, 5) is 29.7. The second-order valence-corrected chi connectivity index (χ2v) is 6.66. The molecule has 0 radical (unpaired) electrons. The van der Waals surface area contributed by atoms with Crippen LogP contribution in [-0.4, -0.2) is 22.0 Å². The summed E-state index contributed by atoms with van der Waals surface area (Å²) >= 11 is 7.09. The van der Waals surface area contributed by atoms with E-state index in [-0.39, 0.29) is 28.4 Å². The Morgan fingerprint density at radius 3 is 2.92 bits per heavy atom. The van der Waals surface area contributed by atoms with E-state index >= 15 is 0 Å². The number of aromatic nitrogens is 2. The summed E-state index contributed by atoms with van der Waals surface area (Å²) in [7, 11) is 0. The molecule has 0 N–H and O–H groups in total. The van der Waals surface area contributed by atoms with Gasteiger partial charge in [-0.25, -0.2) is 14.2 Å². The summed E-state index contributed by atoms with van der Waals surface area (Å²) in [6, 6.07) is 8.38. The van der Waals surface area contributed by atoms with Crippen LogP contribution in [0.5, 0.6) is 0 Å². The first-order valence-corrected chi connectivity index (χ1v) is 8.61. The number of carbonyl (C=O) groups is 1. The van der Waals surface area contributed by atoms with Crippen LogP contribution in [-0.2, 0) is 4.74 Å². The highest BCUT2D eigenvalue weighted by atomic mass is 35.5. The van der Waals surface area contributed by atoms with Gasteiger partial charge in [0.25, 0.3) is 0 Å². The number of thiazole rings is 1. The number of benzene rings is 1. The molecule has 0 aliphatic carbocycles. The molecule has 5 nitrogen and oxygen atoms in total. The van der Waals surface area contributed by atoms with Gasteiger partial charge in [-0.05, 0) is 25.1 Å². The van der Waals surface area contributed by atoms with Crippen molar-refractivity contribution in [2.75, 3.05) is 6.61 Å². The minimum Gasteiger partial charge on any atom is -0.462 e. The lowest BCUT2D eigenvalue weighted by molar-refractivity contribution is 0.0527. The van der Waals surface area contributed by atoms with Crippen molar-refractivity contribution in [2.45, 2.75) is 6.92 Å². The third-order valence-corrected chi connectivity index (χ3v) is 5.22. The second kappa shape index (κ2) is 5.79. The molecule has 25 heavy (non-hydrogen) atoms. The molecule has 4 rings (SSSR count). The molecule has 8 heteroatoms. The zero-order valence-electron chi connectivity index (χ0n) is 12.9. The van der Waals surface area contributed by atoms with Crippen LogP contribution in [0.3, 0.4) is 0 Å². The Morgan fingerprint density at radius 1 is 1.40 bits per heavy atom. The third-order valence-electron chi connectivity index (χ3n) is 3.81. The SMILES string of the molecule is CCOC(=O)c1c(=O)c2cc(F)c(Cl)nc2n2c1sc1ccccc12. The lowest BCUT2D eigenvalue weighted by atomic mass is 10.2. The number of rotatable bonds is 2. The van der Waals surface area contributed by atoms with Gasteiger partial charge in [-0.2, -0.15) is 0 Å². The van der Waals surface area contributed by atoms with E-state index in [2.05, 4.69) is 4.98 Å². The molecule has 0 amide bonds. The maximum atomic E-state index is 13.9. The first-order chi connectivity index (χ1) is 12.0. The predicted molar refractivity (Wildman–Crippen MR) is 95.3 cm³/mol. The highest BCUT2D eigenvalue weighted by Gasteiger charge is 2.24. The van der Waals surface area contributed by atoms with E-state index in [9.17, 15) is 14.0 Å². The van der Waals surface area contributed by atoms with Gasteiger partial charge in [-0.3, -0.25) is 9.20 Å². The van der Waals surface area contributed by atoms with Crippen LogP contribution in [0, 0.1) is 5.82 Å². The summed E-state index contributed by atoms with van der Waals surface area (Å²) < 4.78 is 21.4. The summed E-state index contributed by atoms with van der Waals surface area (Å²) in [6.45, 7) is 1.78. The van der Waals surface area contributed by atoms with Crippen molar-refractivity contribution in [3.8, 4) is 0 Å². The monoisotopic (exact) mass is 376 g/mol. The van der Waals surface area contributed by atoms with Gasteiger partial charge >= 0.3 is 5.97 Å². The zero-order valence-corrected chi connectivity index (χ0v) is 14.4.